The van der Waals surface area contributed by atoms with Crippen molar-refractivity contribution in [2.24, 2.45) is 0 Å². The lowest BCUT2D eigenvalue weighted by atomic mass is 10.2. The van der Waals surface area contributed by atoms with Crippen LogP contribution in [0.25, 0.3) is 10.1 Å². The van der Waals surface area contributed by atoms with Gasteiger partial charge >= 0.3 is 5.97 Å². The minimum absolute atomic E-state index is 0.418. The number of carbonyl (C=O) groups excluding carboxylic acids is 2. The number of rotatable bonds is 5. The molecule has 1 atom stereocenters. The molecular weight excluding hydrogens is 338 g/mol. The summed E-state index contributed by atoms with van der Waals surface area (Å²) in [5, 5.41) is 3.68. The smallest absolute Gasteiger partial charge is 0.349 e. The van der Waals surface area contributed by atoms with Gasteiger partial charge in [0.15, 0.2) is 6.10 Å². The maximum absolute atomic E-state index is 12.3. The number of thiophene rings is 1. The van der Waals surface area contributed by atoms with Gasteiger partial charge in [0, 0.05) is 4.70 Å². The molecule has 0 spiro atoms. The molecule has 128 valence electrons. The lowest BCUT2D eigenvalue weighted by molar-refractivity contribution is -0.123. The van der Waals surface area contributed by atoms with Gasteiger partial charge in [0.25, 0.3) is 5.91 Å². The van der Waals surface area contributed by atoms with Gasteiger partial charge < -0.3 is 14.8 Å². The van der Waals surface area contributed by atoms with Crippen molar-refractivity contribution >= 4 is 39.0 Å². The maximum Gasteiger partial charge on any atom is 0.349 e. The molecule has 5 nitrogen and oxygen atoms in total. The average molecular weight is 355 g/mol. The minimum Gasteiger partial charge on any atom is -0.495 e. The second-order valence-corrected chi connectivity index (χ2v) is 6.47. The zero-order valence-corrected chi connectivity index (χ0v) is 14.6. The molecule has 0 aliphatic rings. The Morgan fingerprint density at radius 3 is 2.56 bits per heavy atom. The molecule has 3 aromatic rings. The van der Waals surface area contributed by atoms with Gasteiger partial charge in [0.2, 0.25) is 0 Å². The molecule has 1 N–H and O–H groups in total. The van der Waals surface area contributed by atoms with E-state index in [2.05, 4.69) is 5.32 Å². The van der Waals surface area contributed by atoms with Crippen LogP contribution in [0.5, 0.6) is 5.75 Å². The predicted molar refractivity (Wildman–Crippen MR) is 98.3 cm³/mol. The van der Waals surface area contributed by atoms with Crippen LogP contribution in [0.15, 0.2) is 54.6 Å². The minimum atomic E-state index is -0.928. The highest BCUT2D eigenvalue weighted by atomic mass is 32.1. The summed E-state index contributed by atoms with van der Waals surface area (Å²) in [5.74, 6) is -0.387. The first-order valence-electron chi connectivity index (χ1n) is 7.72. The summed E-state index contributed by atoms with van der Waals surface area (Å²) in [6.45, 7) is 1.54. The molecule has 1 aromatic heterocycles. The number of methoxy groups -OCH3 is 1. The van der Waals surface area contributed by atoms with Crippen LogP contribution >= 0.6 is 11.3 Å². The highest BCUT2D eigenvalue weighted by Crippen LogP contribution is 2.26. The molecule has 0 radical (unpaired) electrons. The highest BCUT2D eigenvalue weighted by molar-refractivity contribution is 7.20. The first-order valence-corrected chi connectivity index (χ1v) is 8.53. The zero-order valence-electron chi connectivity index (χ0n) is 13.8. The van der Waals surface area contributed by atoms with Crippen molar-refractivity contribution in [3.63, 3.8) is 0 Å². The fraction of sp³-hybridized carbons (Fsp3) is 0.158. The van der Waals surface area contributed by atoms with Crippen LogP contribution in [0, 0.1) is 0 Å². The molecule has 0 bridgehead atoms. The third kappa shape index (κ3) is 3.80. The van der Waals surface area contributed by atoms with Crippen LogP contribution in [-0.4, -0.2) is 25.1 Å². The van der Waals surface area contributed by atoms with Crippen molar-refractivity contribution in [3.05, 3.63) is 59.5 Å². The first-order chi connectivity index (χ1) is 12.1. The number of nitrogens with one attached hydrogen (secondary N) is 1. The molecule has 0 saturated heterocycles. The number of anilines is 1. The fourth-order valence-corrected chi connectivity index (χ4v) is 3.28. The number of hydrogen-bond donors (Lipinski definition) is 1. The summed E-state index contributed by atoms with van der Waals surface area (Å²) in [5.41, 5.74) is 0.528. The molecule has 6 heteroatoms. The number of hydrogen-bond acceptors (Lipinski definition) is 5. The summed E-state index contributed by atoms with van der Waals surface area (Å²) >= 11 is 1.34. The number of para-hydroxylation sites is 2. The molecule has 2 aromatic carbocycles. The molecule has 3 rings (SSSR count). The van der Waals surface area contributed by atoms with E-state index in [-0.39, 0.29) is 0 Å². The van der Waals surface area contributed by atoms with E-state index < -0.39 is 18.0 Å². The standard InChI is InChI=1S/C19H17NO4S/c1-12(18(21)20-14-8-4-5-9-15(14)23-2)24-19(22)17-11-13-7-3-6-10-16(13)25-17/h3-12H,1-2H3,(H,20,21)/t12-/m1/s1. The molecule has 25 heavy (non-hydrogen) atoms. The zero-order chi connectivity index (χ0) is 17.8. The van der Waals surface area contributed by atoms with Gasteiger partial charge in [-0.3, -0.25) is 4.79 Å². The number of carbonyl (C=O) groups is 2. The highest BCUT2D eigenvalue weighted by Gasteiger charge is 2.21. The first kappa shape index (κ1) is 17.0. The van der Waals surface area contributed by atoms with E-state index in [9.17, 15) is 9.59 Å². The van der Waals surface area contributed by atoms with Gasteiger partial charge in [-0.2, -0.15) is 0 Å². The van der Waals surface area contributed by atoms with Crippen LogP contribution < -0.4 is 10.1 Å². The van der Waals surface area contributed by atoms with E-state index in [1.807, 2.05) is 24.3 Å². The van der Waals surface area contributed by atoms with Gasteiger partial charge in [0.1, 0.15) is 10.6 Å². The van der Waals surface area contributed by atoms with Crippen LogP contribution in [0.4, 0.5) is 5.69 Å². The Kier molecular flexibility index (Phi) is 5.00. The molecule has 0 aliphatic heterocycles. The van der Waals surface area contributed by atoms with E-state index in [0.717, 1.165) is 10.1 Å². The van der Waals surface area contributed by atoms with Crippen LogP contribution in [0.1, 0.15) is 16.6 Å². The van der Waals surface area contributed by atoms with E-state index in [4.69, 9.17) is 9.47 Å². The van der Waals surface area contributed by atoms with Crippen molar-refractivity contribution < 1.29 is 19.1 Å². The van der Waals surface area contributed by atoms with Crippen molar-refractivity contribution in [2.75, 3.05) is 12.4 Å². The number of amides is 1. The molecule has 0 saturated carbocycles. The Morgan fingerprint density at radius 1 is 1.08 bits per heavy atom. The average Bonchev–Trinajstić information content (AvgIpc) is 3.06. The Morgan fingerprint density at radius 2 is 1.80 bits per heavy atom. The maximum atomic E-state index is 12.3. The molecule has 0 fully saturated rings. The Bertz CT molecular complexity index is 885. The van der Waals surface area contributed by atoms with Crippen LogP contribution in [-0.2, 0) is 9.53 Å². The van der Waals surface area contributed by atoms with E-state index in [1.165, 1.54) is 25.4 Å². The Hall–Kier alpha value is -2.86. The Balaban J connectivity index is 1.67. The summed E-state index contributed by atoms with van der Waals surface area (Å²) in [7, 11) is 1.52. The normalized spacial score (nSPS) is 11.8. The van der Waals surface area contributed by atoms with Crippen LogP contribution in [0.2, 0.25) is 0 Å². The van der Waals surface area contributed by atoms with Crippen molar-refractivity contribution in [2.45, 2.75) is 13.0 Å². The van der Waals surface area contributed by atoms with Gasteiger partial charge in [-0.05, 0) is 36.6 Å². The number of benzene rings is 2. The second-order valence-electron chi connectivity index (χ2n) is 5.39. The van der Waals surface area contributed by atoms with Crippen LogP contribution in [0.3, 0.4) is 0 Å². The van der Waals surface area contributed by atoms with Gasteiger partial charge in [-0.15, -0.1) is 11.3 Å². The number of ether oxygens (including phenoxy) is 2. The molecular formula is C19H17NO4S. The molecule has 0 unspecified atom stereocenters. The van der Waals surface area contributed by atoms with Gasteiger partial charge in [-0.25, -0.2) is 4.79 Å². The third-order valence-corrected chi connectivity index (χ3v) is 4.74. The monoisotopic (exact) mass is 355 g/mol. The number of esters is 1. The molecule has 0 aliphatic carbocycles. The summed E-state index contributed by atoms with van der Waals surface area (Å²) in [6, 6.07) is 16.5. The van der Waals surface area contributed by atoms with Crippen molar-refractivity contribution in [1.29, 1.82) is 0 Å². The number of fused-ring (bicyclic) bond motifs is 1. The lowest BCUT2D eigenvalue weighted by Crippen LogP contribution is -2.29. The summed E-state index contributed by atoms with van der Waals surface area (Å²) < 4.78 is 11.5. The fourth-order valence-electron chi connectivity index (χ4n) is 2.34. The van der Waals surface area contributed by atoms with E-state index >= 15 is 0 Å². The molecule has 1 heterocycles. The van der Waals surface area contributed by atoms with Crippen molar-refractivity contribution in [3.8, 4) is 5.75 Å². The SMILES string of the molecule is COc1ccccc1NC(=O)[C@@H](C)OC(=O)c1cc2ccccc2s1. The van der Waals surface area contributed by atoms with E-state index in [0.29, 0.717) is 16.3 Å². The lowest BCUT2D eigenvalue weighted by Gasteiger charge is -2.14. The second kappa shape index (κ2) is 7.36. The topological polar surface area (TPSA) is 64.6 Å². The van der Waals surface area contributed by atoms with E-state index in [1.54, 1.807) is 30.3 Å². The van der Waals surface area contributed by atoms with Gasteiger partial charge in [-0.1, -0.05) is 30.3 Å². The summed E-state index contributed by atoms with van der Waals surface area (Å²) in [4.78, 5) is 25.0. The van der Waals surface area contributed by atoms with Gasteiger partial charge in [0.05, 0.1) is 12.8 Å². The summed E-state index contributed by atoms with van der Waals surface area (Å²) in [6.07, 6.45) is -0.928. The predicted octanol–water partition coefficient (Wildman–Crippen LogP) is 4.09. The third-order valence-electron chi connectivity index (χ3n) is 3.64. The molecule has 1 amide bonds. The quantitative estimate of drug-likeness (QED) is 0.700. The Labute approximate surface area is 149 Å². The van der Waals surface area contributed by atoms with Crippen molar-refractivity contribution in [1.82, 2.24) is 0 Å². The largest absolute Gasteiger partial charge is 0.495 e.